The average Bonchev–Trinajstić information content (AvgIpc) is 3.37. The normalized spacial score (nSPS) is 20.6. The molecule has 5 nitrogen and oxygen atoms in total. The number of carbonyl (C=O) groups is 2. The first-order valence-corrected chi connectivity index (χ1v) is 9.50. The number of nitrogens with one attached hydrogen (secondary N) is 1. The molecule has 2 fully saturated rings. The highest BCUT2D eigenvalue weighted by molar-refractivity contribution is 7.80. The van der Waals surface area contributed by atoms with Gasteiger partial charge in [-0.2, -0.15) is 0 Å². The van der Waals surface area contributed by atoms with Crippen LogP contribution >= 0.6 is 12.2 Å². The van der Waals surface area contributed by atoms with Crippen molar-refractivity contribution in [3.05, 3.63) is 35.4 Å². The van der Waals surface area contributed by atoms with Gasteiger partial charge in [0.1, 0.15) is 6.04 Å². The largest absolute Gasteiger partial charge is 0.480 e. The molecule has 1 saturated carbocycles. The van der Waals surface area contributed by atoms with Crippen molar-refractivity contribution in [3.8, 4) is 0 Å². The predicted molar refractivity (Wildman–Crippen MR) is 99.0 cm³/mol. The smallest absolute Gasteiger partial charge is 0.326 e. The molecule has 1 aliphatic carbocycles. The molecule has 0 aromatic heterocycles. The van der Waals surface area contributed by atoms with Gasteiger partial charge in [-0.3, -0.25) is 4.79 Å². The fourth-order valence-electron chi connectivity index (χ4n) is 3.45. The highest BCUT2D eigenvalue weighted by Crippen LogP contribution is 2.33. The third kappa shape index (κ3) is 5.00. The molecule has 27 heavy (non-hydrogen) atoms. The minimum atomic E-state index is -1.03. The first kappa shape index (κ1) is 19.7. The summed E-state index contributed by atoms with van der Waals surface area (Å²) in [5, 5.41) is 11.9. The maximum atomic E-state index is 14.0. The van der Waals surface area contributed by atoms with Gasteiger partial charge in [-0.25, -0.2) is 13.6 Å². The van der Waals surface area contributed by atoms with Gasteiger partial charge in [0.25, 0.3) is 0 Å². The molecule has 0 bridgehead atoms. The predicted octanol–water partition coefficient (Wildman–Crippen LogP) is 3.02. The highest BCUT2D eigenvalue weighted by Gasteiger charge is 2.33. The number of carbonyl (C=O) groups excluding carboxylic acids is 1. The number of carboxylic acids is 1. The number of halogens is 2. The van der Waals surface area contributed by atoms with Crippen molar-refractivity contribution >= 4 is 29.1 Å². The summed E-state index contributed by atoms with van der Waals surface area (Å²) in [6.07, 6.45) is 3.75. The van der Waals surface area contributed by atoms with E-state index in [1.807, 2.05) is 0 Å². The van der Waals surface area contributed by atoms with E-state index in [1.165, 1.54) is 12.1 Å². The molecule has 3 rings (SSSR count). The molecule has 2 atom stereocenters. The Morgan fingerprint density at radius 3 is 2.70 bits per heavy atom. The van der Waals surface area contributed by atoms with Gasteiger partial charge in [-0.15, -0.1) is 0 Å². The van der Waals surface area contributed by atoms with Crippen LogP contribution in [0.5, 0.6) is 0 Å². The van der Waals surface area contributed by atoms with Crippen LogP contribution < -0.4 is 5.32 Å². The number of aliphatic carboxylic acids is 1. The van der Waals surface area contributed by atoms with Crippen molar-refractivity contribution in [2.75, 3.05) is 0 Å². The molecule has 1 amide bonds. The molecule has 1 aromatic rings. The summed E-state index contributed by atoms with van der Waals surface area (Å²) in [6, 6.07) is 2.84. The van der Waals surface area contributed by atoms with E-state index < -0.39 is 23.6 Å². The van der Waals surface area contributed by atoms with Crippen LogP contribution in [0.2, 0.25) is 0 Å². The number of thiocarbonyl (C=S) groups is 1. The molecule has 0 unspecified atom stereocenters. The Morgan fingerprint density at radius 2 is 2.04 bits per heavy atom. The number of likely N-dealkylation sites (tertiary alicyclic amines) is 1. The van der Waals surface area contributed by atoms with Crippen molar-refractivity contribution in [1.29, 1.82) is 0 Å². The van der Waals surface area contributed by atoms with Gasteiger partial charge in [0, 0.05) is 24.6 Å². The molecule has 1 heterocycles. The maximum absolute atomic E-state index is 14.0. The Bertz CT molecular complexity index is 754. The Morgan fingerprint density at radius 1 is 1.30 bits per heavy atom. The van der Waals surface area contributed by atoms with Crippen molar-refractivity contribution in [3.63, 3.8) is 0 Å². The molecule has 0 radical (unpaired) electrons. The molecule has 1 saturated heterocycles. The lowest BCUT2D eigenvalue weighted by atomic mass is 10.1. The molecule has 2 aliphatic rings. The van der Waals surface area contributed by atoms with Gasteiger partial charge in [0.15, 0.2) is 11.6 Å². The lowest BCUT2D eigenvalue weighted by Crippen LogP contribution is -2.44. The van der Waals surface area contributed by atoms with Crippen LogP contribution in [0.15, 0.2) is 18.2 Å². The summed E-state index contributed by atoms with van der Waals surface area (Å²) < 4.78 is 27.4. The fourth-order valence-corrected chi connectivity index (χ4v) is 3.78. The minimum absolute atomic E-state index is 0.0749. The van der Waals surface area contributed by atoms with Gasteiger partial charge in [-0.1, -0.05) is 37.2 Å². The fraction of sp³-hybridized carbons (Fsp3) is 0.526. The first-order chi connectivity index (χ1) is 12.8. The summed E-state index contributed by atoms with van der Waals surface area (Å²) >= 11 is 5.32. The van der Waals surface area contributed by atoms with Gasteiger partial charge >= 0.3 is 5.97 Å². The summed E-state index contributed by atoms with van der Waals surface area (Å²) in [6.45, 7) is 0.0881. The standard InChI is InChI=1S/C19H22F2N2O3S/c20-14-3-1-2-12(18(14)21)10-23-13(6-7-17(23)27)9-16(24)22-15(19(25)26)8-11-4-5-11/h1-3,11,13,15H,4-10H2,(H,22,24)(H,25,26)/t13-,15-/m0/s1. The number of hydrogen-bond acceptors (Lipinski definition) is 3. The Labute approximate surface area is 161 Å². The Hall–Kier alpha value is -2.09. The second-order valence-electron chi connectivity index (χ2n) is 7.27. The monoisotopic (exact) mass is 396 g/mol. The van der Waals surface area contributed by atoms with Crippen LogP contribution in [0.25, 0.3) is 0 Å². The Balaban J connectivity index is 1.62. The lowest BCUT2D eigenvalue weighted by molar-refractivity contribution is -0.142. The first-order valence-electron chi connectivity index (χ1n) is 9.09. The van der Waals surface area contributed by atoms with Crippen molar-refractivity contribution in [1.82, 2.24) is 10.2 Å². The molecular weight excluding hydrogens is 374 g/mol. The van der Waals surface area contributed by atoms with E-state index in [2.05, 4.69) is 5.32 Å². The van der Waals surface area contributed by atoms with Crippen molar-refractivity contribution in [2.24, 2.45) is 5.92 Å². The number of nitrogens with zero attached hydrogens (tertiary/aromatic N) is 1. The third-order valence-corrected chi connectivity index (χ3v) is 5.58. The van der Waals surface area contributed by atoms with E-state index in [-0.39, 0.29) is 30.5 Å². The van der Waals surface area contributed by atoms with Gasteiger partial charge in [-0.05, 0) is 31.2 Å². The average molecular weight is 396 g/mol. The van der Waals surface area contributed by atoms with E-state index >= 15 is 0 Å². The molecular formula is C19H22F2N2O3S. The number of rotatable bonds is 8. The zero-order valence-corrected chi connectivity index (χ0v) is 15.6. The number of benzene rings is 1. The van der Waals surface area contributed by atoms with Crippen molar-refractivity contribution in [2.45, 2.75) is 57.2 Å². The summed E-state index contributed by atoms with van der Waals surface area (Å²) in [7, 11) is 0. The Kier molecular flexibility index (Phi) is 6.04. The zero-order valence-electron chi connectivity index (χ0n) is 14.8. The molecule has 146 valence electrons. The summed E-state index contributed by atoms with van der Waals surface area (Å²) in [5.41, 5.74) is 0.182. The maximum Gasteiger partial charge on any atom is 0.326 e. The van der Waals surface area contributed by atoms with Crippen LogP contribution in [0.3, 0.4) is 0 Å². The number of carboxylic acid groups (broad SMARTS) is 1. The topological polar surface area (TPSA) is 69.6 Å². The second kappa shape index (κ2) is 8.29. The van der Waals surface area contributed by atoms with E-state index in [9.17, 15) is 23.5 Å². The molecule has 1 aromatic carbocycles. The van der Waals surface area contributed by atoms with Gasteiger partial charge in [0.2, 0.25) is 5.91 Å². The van der Waals surface area contributed by atoms with Crippen LogP contribution in [0.4, 0.5) is 8.78 Å². The summed E-state index contributed by atoms with van der Waals surface area (Å²) in [4.78, 5) is 26.0. The van der Waals surface area contributed by atoms with E-state index in [1.54, 1.807) is 4.90 Å². The van der Waals surface area contributed by atoms with Gasteiger partial charge in [0.05, 0.1) is 4.99 Å². The van der Waals surface area contributed by atoms with Crippen molar-refractivity contribution < 1.29 is 23.5 Å². The SMILES string of the molecule is O=C(C[C@@H]1CCC(=S)N1Cc1cccc(F)c1F)N[C@@H](CC1CC1)C(=O)O. The van der Waals surface area contributed by atoms with E-state index in [0.717, 1.165) is 18.9 Å². The zero-order chi connectivity index (χ0) is 19.6. The summed E-state index contributed by atoms with van der Waals surface area (Å²) in [5.74, 6) is -2.85. The number of hydrogen-bond donors (Lipinski definition) is 2. The molecule has 2 N–H and O–H groups in total. The quantitative estimate of drug-likeness (QED) is 0.661. The molecule has 0 spiro atoms. The number of amides is 1. The molecule has 8 heteroatoms. The van der Waals surface area contributed by atoms with Crippen LogP contribution in [-0.4, -0.2) is 39.0 Å². The highest BCUT2D eigenvalue weighted by atomic mass is 32.1. The third-order valence-electron chi connectivity index (χ3n) is 5.15. The van der Waals surface area contributed by atoms with Gasteiger partial charge < -0.3 is 15.3 Å². The van der Waals surface area contributed by atoms with Crippen LogP contribution in [0.1, 0.15) is 44.1 Å². The lowest BCUT2D eigenvalue weighted by Gasteiger charge is -2.27. The van der Waals surface area contributed by atoms with Crippen LogP contribution in [0, 0.1) is 17.6 Å². The van der Waals surface area contributed by atoms with Crippen LogP contribution in [-0.2, 0) is 16.1 Å². The second-order valence-corrected chi connectivity index (χ2v) is 7.74. The minimum Gasteiger partial charge on any atom is -0.480 e. The van der Waals surface area contributed by atoms with E-state index in [4.69, 9.17) is 12.2 Å². The molecule has 1 aliphatic heterocycles. The van der Waals surface area contributed by atoms with E-state index in [0.29, 0.717) is 30.2 Å².